The van der Waals surface area contributed by atoms with Gasteiger partial charge in [0, 0.05) is 6.54 Å². The topological polar surface area (TPSA) is 3.24 Å². The van der Waals surface area contributed by atoms with E-state index in [1.165, 1.54) is 38.5 Å². The van der Waals surface area contributed by atoms with Gasteiger partial charge in [0.2, 0.25) is 0 Å². The minimum Gasteiger partial charge on any atom is -0.305 e. The molecule has 0 saturated carbocycles. The number of rotatable bonds is 2. The summed E-state index contributed by atoms with van der Waals surface area (Å²) in [7, 11) is 4.42. The second-order valence-electron chi connectivity index (χ2n) is 7.96. The smallest absolute Gasteiger partial charge is 0.0233 e. The fraction of sp³-hybridized carbons (Fsp3) is 0.684. The largest absolute Gasteiger partial charge is 0.305 e. The number of hydrogen-bond acceptors (Lipinski definition) is 1. The van der Waals surface area contributed by atoms with E-state index in [1.807, 2.05) is 0 Å². The van der Waals surface area contributed by atoms with Gasteiger partial charge in [-0.15, -0.1) is 0 Å². The Hall–Kier alpha value is -0.820. The molecule has 110 valence electrons. The minimum atomic E-state index is 0.305. The summed E-state index contributed by atoms with van der Waals surface area (Å²) in [6.07, 6.45) is 7.98. The van der Waals surface area contributed by atoms with E-state index in [-0.39, 0.29) is 0 Å². The third-order valence-electron chi connectivity index (χ3n) is 4.99. The van der Waals surface area contributed by atoms with Crippen molar-refractivity contribution >= 4 is 0 Å². The molecule has 0 aliphatic heterocycles. The van der Waals surface area contributed by atoms with Crippen molar-refractivity contribution in [3.8, 4) is 0 Å². The lowest BCUT2D eigenvalue weighted by atomic mass is 9.76. The average Bonchev–Trinajstić information content (AvgIpc) is 2.93. The summed E-state index contributed by atoms with van der Waals surface area (Å²) in [5, 5.41) is 0. The van der Waals surface area contributed by atoms with Crippen LogP contribution in [0.25, 0.3) is 0 Å². The summed E-state index contributed by atoms with van der Waals surface area (Å²) in [5.74, 6) is 0. The maximum absolute atomic E-state index is 2.41. The Morgan fingerprint density at radius 1 is 0.800 bits per heavy atom. The van der Waals surface area contributed by atoms with Gasteiger partial charge in [-0.2, -0.15) is 0 Å². The van der Waals surface area contributed by atoms with E-state index < -0.39 is 0 Å². The number of nitrogens with zero attached hydrogens (tertiary/aromatic N) is 1. The molecule has 3 rings (SSSR count). The fourth-order valence-electron chi connectivity index (χ4n) is 4.48. The molecule has 20 heavy (non-hydrogen) atoms. The highest BCUT2D eigenvalue weighted by Crippen LogP contribution is 2.43. The van der Waals surface area contributed by atoms with Crippen molar-refractivity contribution in [2.24, 2.45) is 0 Å². The van der Waals surface area contributed by atoms with E-state index in [0.717, 1.165) is 6.54 Å². The lowest BCUT2D eigenvalue weighted by Gasteiger charge is -2.29. The van der Waals surface area contributed by atoms with Crippen molar-refractivity contribution in [1.82, 2.24) is 4.90 Å². The predicted molar refractivity (Wildman–Crippen MR) is 86.6 cm³/mol. The highest BCUT2D eigenvalue weighted by Gasteiger charge is 2.32. The maximum Gasteiger partial charge on any atom is 0.0233 e. The predicted octanol–water partition coefficient (Wildman–Crippen LogP) is 4.02. The third-order valence-corrected chi connectivity index (χ3v) is 4.99. The second-order valence-corrected chi connectivity index (χ2v) is 7.96. The molecular formula is C19H29N. The van der Waals surface area contributed by atoms with Crippen molar-refractivity contribution in [3.05, 3.63) is 33.4 Å². The van der Waals surface area contributed by atoms with Gasteiger partial charge in [0.1, 0.15) is 0 Å². The Morgan fingerprint density at radius 3 is 1.65 bits per heavy atom. The highest BCUT2D eigenvalue weighted by atomic mass is 15.0. The van der Waals surface area contributed by atoms with Crippen molar-refractivity contribution in [3.63, 3.8) is 0 Å². The van der Waals surface area contributed by atoms with Crippen LogP contribution in [0.4, 0.5) is 0 Å². The first kappa shape index (κ1) is 14.1. The molecule has 0 saturated heterocycles. The normalized spacial score (nSPS) is 17.7. The molecular weight excluding hydrogens is 242 g/mol. The van der Waals surface area contributed by atoms with Gasteiger partial charge in [-0.05, 0) is 91.4 Å². The van der Waals surface area contributed by atoms with E-state index in [1.54, 1.807) is 33.4 Å². The lowest BCUT2D eigenvalue weighted by Crippen LogP contribution is -2.21. The number of hydrogen-bond donors (Lipinski definition) is 0. The molecule has 0 atom stereocenters. The average molecular weight is 271 g/mol. The van der Waals surface area contributed by atoms with Crippen molar-refractivity contribution in [2.75, 3.05) is 14.1 Å². The molecule has 0 amide bonds. The zero-order valence-electron chi connectivity index (χ0n) is 13.9. The Morgan fingerprint density at radius 2 is 1.25 bits per heavy atom. The molecule has 1 heteroatoms. The van der Waals surface area contributed by atoms with Crippen LogP contribution in [-0.2, 0) is 37.6 Å². The SMILES string of the molecule is CN(C)Cc1c2c(c(C(C)(C)C)c3c1CCC3)CCC2. The minimum absolute atomic E-state index is 0.305. The molecule has 1 nitrogen and oxygen atoms in total. The van der Waals surface area contributed by atoms with E-state index in [2.05, 4.69) is 39.8 Å². The van der Waals surface area contributed by atoms with Gasteiger partial charge in [0.15, 0.2) is 0 Å². The molecule has 2 aliphatic rings. The van der Waals surface area contributed by atoms with Crippen molar-refractivity contribution < 1.29 is 0 Å². The summed E-state index contributed by atoms with van der Waals surface area (Å²) < 4.78 is 0. The molecule has 0 N–H and O–H groups in total. The van der Waals surface area contributed by atoms with Crippen LogP contribution in [0.2, 0.25) is 0 Å². The van der Waals surface area contributed by atoms with Crippen LogP contribution in [0.5, 0.6) is 0 Å². The zero-order valence-corrected chi connectivity index (χ0v) is 13.9. The Balaban J connectivity index is 2.26. The maximum atomic E-state index is 2.41. The van der Waals surface area contributed by atoms with Crippen molar-refractivity contribution in [1.29, 1.82) is 0 Å². The van der Waals surface area contributed by atoms with Crippen LogP contribution in [0, 0.1) is 0 Å². The number of benzene rings is 1. The first-order chi connectivity index (χ1) is 9.39. The fourth-order valence-corrected chi connectivity index (χ4v) is 4.48. The summed E-state index contributed by atoms with van der Waals surface area (Å²) in [6.45, 7) is 8.36. The van der Waals surface area contributed by atoms with Gasteiger partial charge in [-0.1, -0.05) is 20.8 Å². The van der Waals surface area contributed by atoms with Crippen LogP contribution in [-0.4, -0.2) is 19.0 Å². The molecule has 0 aromatic heterocycles. The van der Waals surface area contributed by atoms with Gasteiger partial charge in [-0.25, -0.2) is 0 Å². The molecule has 1 aromatic carbocycles. The molecule has 0 fully saturated rings. The van der Waals surface area contributed by atoms with Gasteiger partial charge < -0.3 is 4.90 Å². The summed E-state index contributed by atoms with van der Waals surface area (Å²) >= 11 is 0. The van der Waals surface area contributed by atoms with Crippen LogP contribution < -0.4 is 0 Å². The molecule has 0 heterocycles. The monoisotopic (exact) mass is 271 g/mol. The van der Waals surface area contributed by atoms with Crippen molar-refractivity contribution in [2.45, 2.75) is 71.3 Å². The van der Waals surface area contributed by atoms with E-state index >= 15 is 0 Å². The van der Waals surface area contributed by atoms with E-state index in [0.29, 0.717) is 5.41 Å². The van der Waals surface area contributed by atoms with Gasteiger partial charge in [0.25, 0.3) is 0 Å². The third kappa shape index (κ3) is 2.20. The number of fused-ring (bicyclic) bond motifs is 2. The zero-order chi connectivity index (χ0) is 14.5. The quantitative estimate of drug-likeness (QED) is 0.785. The van der Waals surface area contributed by atoms with E-state index in [9.17, 15) is 0 Å². The summed E-state index contributed by atoms with van der Waals surface area (Å²) in [4.78, 5) is 2.35. The van der Waals surface area contributed by atoms with Crippen LogP contribution >= 0.6 is 0 Å². The highest BCUT2D eigenvalue weighted by molar-refractivity contribution is 5.57. The standard InChI is InChI=1S/C19H29N/c1-19(2,3)18-15-10-6-8-13(15)17(12-20(4)5)14-9-7-11-16(14)18/h6-12H2,1-5H3. The first-order valence-electron chi connectivity index (χ1n) is 8.23. The lowest BCUT2D eigenvalue weighted by molar-refractivity contribution is 0.399. The Labute approximate surface area is 124 Å². The van der Waals surface area contributed by atoms with Gasteiger partial charge >= 0.3 is 0 Å². The summed E-state index contributed by atoms with van der Waals surface area (Å²) in [6, 6.07) is 0. The van der Waals surface area contributed by atoms with Gasteiger partial charge in [0.05, 0.1) is 0 Å². The Kier molecular flexibility index (Phi) is 3.44. The molecule has 0 unspecified atom stereocenters. The molecule has 1 aromatic rings. The Bertz CT molecular complexity index is 497. The first-order valence-corrected chi connectivity index (χ1v) is 8.23. The summed E-state index contributed by atoms with van der Waals surface area (Å²) in [5.41, 5.74) is 10.6. The van der Waals surface area contributed by atoms with Gasteiger partial charge in [-0.3, -0.25) is 0 Å². The van der Waals surface area contributed by atoms with Crippen LogP contribution in [0.3, 0.4) is 0 Å². The molecule has 0 spiro atoms. The molecule has 0 bridgehead atoms. The van der Waals surface area contributed by atoms with Crippen LogP contribution in [0.1, 0.15) is 67.0 Å². The van der Waals surface area contributed by atoms with Crippen LogP contribution in [0.15, 0.2) is 0 Å². The molecule has 0 radical (unpaired) electrons. The second kappa shape index (κ2) is 4.87. The van der Waals surface area contributed by atoms with E-state index in [4.69, 9.17) is 0 Å². The molecule has 2 aliphatic carbocycles.